The standard InChI is InChI=1S/C16H16FN3O4.C4H6N2O/c1-18-8-24-15-12-9(14(21)10(16(22)23)7-20(12)18)6-11(17)13(15)19-4-2-3-5-19;1-3-2-4(5)7-6-3/h6-7H,2-5,8H2,1H3,(H,22,23);2H,5H2,1H3. The third kappa shape index (κ3) is 3.62. The van der Waals surface area contributed by atoms with Gasteiger partial charge in [0.15, 0.2) is 18.3 Å². The second-order valence-electron chi connectivity index (χ2n) is 7.45. The highest BCUT2D eigenvalue weighted by atomic mass is 19.1. The van der Waals surface area contributed by atoms with Gasteiger partial charge in [-0.2, -0.15) is 0 Å². The highest BCUT2D eigenvalue weighted by Gasteiger charge is 2.30. The van der Waals surface area contributed by atoms with Gasteiger partial charge in [-0.05, 0) is 25.8 Å². The number of aromatic carboxylic acids is 1. The third-order valence-corrected chi connectivity index (χ3v) is 5.21. The largest absolute Gasteiger partial charge is 0.477 e. The van der Waals surface area contributed by atoms with Crippen molar-refractivity contribution in [2.24, 2.45) is 0 Å². The number of carboxylic acids is 1. The van der Waals surface area contributed by atoms with Crippen molar-refractivity contribution < 1.29 is 23.6 Å². The van der Waals surface area contributed by atoms with Crippen LogP contribution >= 0.6 is 0 Å². The minimum absolute atomic E-state index is 0.0110. The topological polar surface area (TPSA) is 127 Å². The quantitative estimate of drug-likeness (QED) is 0.625. The molecule has 1 fully saturated rings. The number of halogens is 1. The lowest BCUT2D eigenvalue weighted by Gasteiger charge is -2.33. The van der Waals surface area contributed by atoms with Crippen LogP contribution in [0, 0.1) is 12.7 Å². The van der Waals surface area contributed by atoms with Gasteiger partial charge in [-0.3, -0.25) is 14.5 Å². The van der Waals surface area contributed by atoms with E-state index >= 15 is 0 Å². The molecule has 1 saturated heterocycles. The first-order valence-corrected chi connectivity index (χ1v) is 9.71. The molecule has 11 heteroatoms. The number of hydrogen-bond acceptors (Lipinski definition) is 8. The average Bonchev–Trinajstić information content (AvgIpc) is 3.37. The van der Waals surface area contributed by atoms with Gasteiger partial charge in [0.2, 0.25) is 11.3 Å². The molecule has 0 spiro atoms. The van der Waals surface area contributed by atoms with E-state index in [4.69, 9.17) is 10.5 Å². The Balaban J connectivity index is 0.000000282. The number of ether oxygens (including phenoxy) is 1. The summed E-state index contributed by atoms with van der Waals surface area (Å²) in [6, 6.07) is 2.79. The molecule has 2 aliphatic heterocycles. The van der Waals surface area contributed by atoms with E-state index in [1.165, 1.54) is 6.20 Å². The SMILES string of the molecule is CN1COc2c(N3CCCC3)c(F)cc3c(=O)c(C(=O)O)cn1c23.Cc1cc(N)on1. The van der Waals surface area contributed by atoms with Gasteiger partial charge < -0.3 is 25.0 Å². The predicted molar refractivity (Wildman–Crippen MR) is 112 cm³/mol. The highest BCUT2D eigenvalue weighted by molar-refractivity contribution is 5.97. The Labute approximate surface area is 176 Å². The molecule has 0 unspecified atom stereocenters. The summed E-state index contributed by atoms with van der Waals surface area (Å²) in [5.74, 6) is -1.22. The van der Waals surface area contributed by atoms with Crippen LogP contribution in [0.3, 0.4) is 0 Å². The molecule has 164 valence electrons. The fourth-order valence-electron chi connectivity index (χ4n) is 3.79. The Morgan fingerprint density at radius 3 is 2.55 bits per heavy atom. The van der Waals surface area contributed by atoms with Crippen LogP contribution in [0.1, 0.15) is 28.9 Å². The molecule has 0 radical (unpaired) electrons. The zero-order valence-corrected chi connectivity index (χ0v) is 17.1. The lowest BCUT2D eigenvalue weighted by molar-refractivity contribution is 0.0694. The Hall–Kier alpha value is -3.76. The third-order valence-electron chi connectivity index (χ3n) is 5.21. The zero-order valence-electron chi connectivity index (χ0n) is 17.1. The second kappa shape index (κ2) is 7.82. The van der Waals surface area contributed by atoms with E-state index in [9.17, 15) is 19.1 Å². The number of rotatable bonds is 2. The summed E-state index contributed by atoms with van der Waals surface area (Å²) in [6.07, 6.45) is 3.22. The van der Waals surface area contributed by atoms with Crippen molar-refractivity contribution in [1.82, 2.24) is 9.83 Å². The monoisotopic (exact) mass is 431 g/mol. The van der Waals surface area contributed by atoms with Gasteiger partial charge in [-0.15, -0.1) is 0 Å². The molecular weight excluding hydrogens is 409 g/mol. The number of anilines is 2. The van der Waals surface area contributed by atoms with E-state index in [0.29, 0.717) is 22.8 Å². The highest BCUT2D eigenvalue weighted by Crippen LogP contribution is 2.41. The molecule has 0 amide bonds. The van der Waals surface area contributed by atoms with Crippen LogP contribution in [0.5, 0.6) is 5.75 Å². The van der Waals surface area contributed by atoms with E-state index in [1.807, 2.05) is 11.8 Å². The number of aromatic nitrogens is 2. The molecule has 3 aromatic rings. The van der Waals surface area contributed by atoms with Crippen molar-refractivity contribution >= 4 is 28.4 Å². The smallest absolute Gasteiger partial charge is 0.341 e. The average molecular weight is 431 g/mol. The molecule has 4 heterocycles. The van der Waals surface area contributed by atoms with E-state index in [0.717, 1.165) is 37.7 Å². The van der Waals surface area contributed by atoms with Crippen LogP contribution < -0.4 is 25.8 Å². The minimum atomic E-state index is -1.34. The van der Waals surface area contributed by atoms with E-state index in [1.54, 1.807) is 22.8 Å². The maximum absolute atomic E-state index is 14.8. The molecule has 1 aromatic carbocycles. The Kier molecular flexibility index (Phi) is 5.17. The van der Waals surface area contributed by atoms with Crippen molar-refractivity contribution in [3.05, 3.63) is 45.6 Å². The number of hydrogen-bond donors (Lipinski definition) is 2. The molecule has 3 N–H and O–H groups in total. The fourth-order valence-corrected chi connectivity index (χ4v) is 3.79. The molecule has 31 heavy (non-hydrogen) atoms. The fraction of sp³-hybridized carbons (Fsp3) is 0.350. The van der Waals surface area contributed by atoms with Crippen molar-refractivity contribution in [3.63, 3.8) is 0 Å². The molecule has 0 bridgehead atoms. The molecule has 0 atom stereocenters. The number of pyridine rings is 1. The van der Waals surface area contributed by atoms with E-state index in [-0.39, 0.29) is 12.1 Å². The lowest BCUT2D eigenvalue weighted by Crippen LogP contribution is -2.40. The van der Waals surface area contributed by atoms with Crippen LogP contribution in [-0.4, -0.2) is 47.8 Å². The summed E-state index contributed by atoms with van der Waals surface area (Å²) in [5, 5.41) is 14.4. The van der Waals surface area contributed by atoms with E-state index < -0.39 is 22.8 Å². The van der Waals surface area contributed by atoms with Crippen LogP contribution in [0.4, 0.5) is 16.0 Å². The van der Waals surface area contributed by atoms with Crippen molar-refractivity contribution in [3.8, 4) is 5.75 Å². The Morgan fingerprint density at radius 1 is 1.29 bits per heavy atom. The molecule has 10 nitrogen and oxygen atoms in total. The molecule has 0 saturated carbocycles. The lowest BCUT2D eigenvalue weighted by atomic mass is 10.1. The Morgan fingerprint density at radius 2 is 2.00 bits per heavy atom. The van der Waals surface area contributed by atoms with Crippen LogP contribution in [-0.2, 0) is 0 Å². The first-order chi connectivity index (χ1) is 14.8. The number of nitrogens with zero attached hydrogens (tertiary/aromatic N) is 4. The van der Waals surface area contributed by atoms with Gasteiger partial charge in [0.05, 0.1) is 11.1 Å². The first kappa shape index (κ1) is 20.5. The summed E-state index contributed by atoms with van der Waals surface area (Å²) in [6.45, 7) is 3.41. The maximum Gasteiger partial charge on any atom is 0.341 e. The predicted octanol–water partition coefficient (Wildman–Crippen LogP) is 1.92. The molecular formula is C20H22FN5O5. The number of carbonyl (C=O) groups is 1. The van der Waals surface area contributed by atoms with Crippen molar-refractivity contribution in [2.75, 3.05) is 42.5 Å². The van der Waals surface area contributed by atoms with Gasteiger partial charge in [0.25, 0.3) is 0 Å². The summed E-state index contributed by atoms with van der Waals surface area (Å²) in [4.78, 5) is 25.7. The van der Waals surface area contributed by atoms with Gasteiger partial charge in [-0.1, -0.05) is 5.16 Å². The van der Waals surface area contributed by atoms with Gasteiger partial charge in [-0.25, -0.2) is 9.18 Å². The number of nitrogens with two attached hydrogens (primary N) is 1. The summed E-state index contributed by atoms with van der Waals surface area (Å²) in [7, 11) is 1.71. The number of carboxylic acid groups (broad SMARTS) is 1. The molecule has 0 aliphatic carbocycles. The van der Waals surface area contributed by atoms with Crippen LogP contribution in [0.2, 0.25) is 0 Å². The van der Waals surface area contributed by atoms with Crippen molar-refractivity contribution in [2.45, 2.75) is 19.8 Å². The Bertz CT molecular complexity index is 1200. The normalized spacial score (nSPS) is 14.9. The summed E-state index contributed by atoms with van der Waals surface area (Å²) < 4.78 is 26.5. The van der Waals surface area contributed by atoms with Crippen LogP contribution in [0.25, 0.3) is 10.9 Å². The van der Waals surface area contributed by atoms with E-state index in [2.05, 4.69) is 9.68 Å². The van der Waals surface area contributed by atoms with Crippen LogP contribution in [0.15, 0.2) is 27.6 Å². The number of benzene rings is 1. The van der Waals surface area contributed by atoms with Gasteiger partial charge in [0.1, 0.15) is 16.8 Å². The van der Waals surface area contributed by atoms with Crippen molar-refractivity contribution in [1.29, 1.82) is 0 Å². The van der Waals surface area contributed by atoms with Gasteiger partial charge in [0, 0.05) is 32.4 Å². The first-order valence-electron chi connectivity index (χ1n) is 9.71. The number of nitrogen functional groups attached to an aromatic ring is 1. The second-order valence-corrected chi connectivity index (χ2v) is 7.45. The minimum Gasteiger partial charge on any atom is -0.477 e. The summed E-state index contributed by atoms with van der Waals surface area (Å²) >= 11 is 0. The molecule has 2 aliphatic rings. The van der Waals surface area contributed by atoms with Gasteiger partial charge >= 0.3 is 5.97 Å². The summed E-state index contributed by atoms with van der Waals surface area (Å²) in [5.41, 5.74) is 5.62. The zero-order chi connectivity index (χ0) is 22.3. The maximum atomic E-state index is 14.8. The number of aryl methyl sites for hydroxylation is 1. The molecule has 5 rings (SSSR count). The molecule has 2 aromatic heterocycles.